The third-order valence-electron chi connectivity index (χ3n) is 5.15. The molecule has 0 aliphatic carbocycles. The summed E-state index contributed by atoms with van der Waals surface area (Å²) < 4.78 is 22.0. The van der Waals surface area contributed by atoms with Gasteiger partial charge in [-0.05, 0) is 61.0 Å². The highest BCUT2D eigenvalue weighted by atomic mass is 16.6. The summed E-state index contributed by atoms with van der Waals surface area (Å²) in [5.74, 6) is 3.30. The van der Waals surface area contributed by atoms with Crippen LogP contribution in [0.1, 0.15) is 17.0 Å². The van der Waals surface area contributed by atoms with Gasteiger partial charge >= 0.3 is 6.09 Å². The molecule has 7 heteroatoms. The Morgan fingerprint density at radius 3 is 2.29 bits per heavy atom. The van der Waals surface area contributed by atoms with Crippen molar-refractivity contribution in [2.24, 2.45) is 0 Å². The molecule has 0 atom stereocenters. The van der Waals surface area contributed by atoms with Gasteiger partial charge in [0.1, 0.15) is 23.0 Å². The molecule has 0 saturated carbocycles. The molecule has 3 aromatic carbocycles. The molecule has 0 unspecified atom stereocenters. The van der Waals surface area contributed by atoms with Gasteiger partial charge in [-0.1, -0.05) is 30.3 Å². The SMILES string of the molecule is COc1ccc(OC(=O)NCc2ccc(OCCc3nc(-c4ccccc4)oc3C)cc2)cc1. The zero-order valence-electron chi connectivity index (χ0n) is 19.1. The quantitative estimate of drug-likeness (QED) is 0.353. The van der Waals surface area contributed by atoms with Crippen molar-refractivity contribution < 1.29 is 23.4 Å². The smallest absolute Gasteiger partial charge is 0.412 e. The Bertz CT molecular complexity index is 1200. The lowest BCUT2D eigenvalue weighted by molar-refractivity contribution is 0.200. The van der Waals surface area contributed by atoms with Crippen molar-refractivity contribution in [1.29, 1.82) is 0 Å². The molecule has 0 fully saturated rings. The first-order chi connectivity index (χ1) is 16.6. The fourth-order valence-electron chi connectivity index (χ4n) is 3.29. The predicted molar refractivity (Wildman–Crippen MR) is 128 cm³/mol. The van der Waals surface area contributed by atoms with Gasteiger partial charge in [-0.3, -0.25) is 0 Å². The van der Waals surface area contributed by atoms with E-state index in [1.165, 1.54) is 0 Å². The van der Waals surface area contributed by atoms with E-state index in [9.17, 15) is 4.79 Å². The van der Waals surface area contributed by atoms with Crippen LogP contribution in [-0.4, -0.2) is 24.8 Å². The zero-order chi connectivity index (χ0) is 23.8. The van der Waals surface area contributed by atoms with Gasteiger partial charge in [-0.2, -0.15) is 0 Å². The monoisotopic (exact) mass is 458 g/mol. The van der Waals surface area contributed by atoms with Crippen LogP contribution in [0.25, 0.3) is 11.5 Å². The second kappa shape index (κ2) is 11.0. The Morgan fingerprint density at radius 1 is 0.912 bits per heavy atom. The summed E-state index contributed by atoms with van der Waals surface area (Å²) in [6.07, 6.45) is 0.117. The maximum atomic E-state index is 12.0. The van der Waals surface area contributed by atoms with E-state index in [2.05, 4.69) is 10.3 Å². The minimum absolute atomic E-state index is 0.343. The van der Waals surface area contributed by atoms with Crippen molar-refractivity contribution in [3.8, 4) is 28.7 Å². The summed E-state index contributed by atoms with van der Waals surface area (Å²) in [6, 6.07) is 24.2. The Kier molecular flexibility index (Phi) is 7.45. The minimum atomic E-state index is -0.525. The van der Waals surface area contributed by atoms with E-state index in [4.69, 9.17) is 18.6 Å². The van der Waals surface area contributed by atoms with E-state index in [0.29, 0.717) is 37.0 Å². The molecule has 1 amide bonds. The topological polar surface area (TPSA) is 82.8 Å². The Balaban J connectivity index is 1.22. The number of nitrogens with zero attached hydrogens (tertiary/aromatic N) is 1. The molecule has 34 heavy (non-hydrogen) atoms. The number of hydrogen-bond donors (Lipinski definition) is 1. The third-order valence-corrected chi connectivity index (χ3v) is 5.15. The van der Waals surface area contributed by atoms with Gasteiger partial charge in [0, 0.05) is 18.5 Å². The van der Waals surface area contributed by atoms with Crippen molar-refractivity contribution in [3.05, 3.63) is 95.9 Å². The Hall–Kier alpha value is -4.26. The van der Waals surface area contributed by atoms with Gasteiger partial charge in [0.05, 0.1) is 19.4 Å². The van der Waals surface area contributed by atoms with Gasteiger partial charge in [0.2, 0.25) is 5.89 Å². The lowest BCUT2D eigenvalue weighted by Crippen LogP contribution is -2.26. The first kappa shape index (κ1) is 22.9. The second-order valence-electron chi connectivity index (χ2n) is 7.55. The Labute approximate surface area is 198 Å². The van der Waals surface area contributed by atoms with Crippen molar-refractivity contribution in [2.45, 2.75) is 19.9 Å². The molecular formula is C27H26N2O5. The summed E-state index contributed by atoms with van der Waals surface area (Å²) in [7, 11) is 1.58. The largest absolute Gasteiger partial charge is 0.497 e. The van der Waals surface area contributed by atoms with Crippen LogP contribution in [0, 0.1) is 6.92 Å². The number of aryl methyl sites for hydroxylation is 1. The third kappa shape index (κ3) is 6.16. The number of rotatable bonds is 9. The van der Waals surface area contributed by atoms with E-state index in [1.807, 2.05) is 61.5 Å². The molecule has 174 valence electrons. The van der Waals surface area contributed by atoms with Crippen molar-refractivity contribution in [2.75, 3.05) is 13.7 Å². The zero-order valence-corrected chi connectivity index (χ0v) is 19.1. The molecule has 0 bridgehead atoms. The molecular weight excluding hydrogens is 432 g/mol. The van der Waals surface area contributed by atoms with Crippen LogP contribution >= 0.6 is 0 Å². The molecule has 1 aromatic heterocycles. The van der Waals surface area contributed by atoms with Crippen molar-refractivity contribution in [1.82, 2.24) is 10.3 Å². The normalized spacial score (nSPS) is 10.5. The number of benzene rings is 3. The van der Waals surface area contributed by atoms with E-state index in [1.54, 1.807) is 31.4 Å². The second-order valence-corrected chi connectivity index (χ2v) is 7.55. The van der Waals surface area contributed by atoms with Crippen LogP contribution in [0.5, 0.6) is 17.2 Å². The van der Waals surface area contributed by atoms with Gasteiger partial charge < -0.3 is 23.9 Å². The average Bonchev–Trinajstić information content (AvgIpc) is 3.25. The van der Waals surface area contributed by atoms with Crippen molar-refractivity contribution in [3.63, 3.8) is 0 Å². The number of amides is 1. The fraction of sp³-hybridized carbons (Fsp3) is 0.185. The van der Waals surface area contributed by atoms with Crippen LogP contribution in [-0.2, 0) is 13.0 Å². The molecule has 0 aliphatic rings. The van der Waals surface area contributed by atoms with Gasteiger partial charge in [-0.25, -0.2) is 9.78 Å². The molecule has 7 nitrogen and oxygen atoms in total. The highest BCUT2D eigenvalue weighted by molar-refractivity contribution is 5.70. The van der Waals surface area contributed by atoms with Gasteiger partial charge in [-0.15, -0.1) is 0 Å². The van der Waals surface area contributed by atoms with E-state index >= 15 is 0 Å². The molecule has 4 rings (SSSR count). The first-order valence-electron chi connectivity index (χ1n) is 10.9. The van der Waals surface area contributed by atoms with Gasteiger partial charge in [0.25, 0.3) is 0 Å². The van der Waals surface area contributed by atoms with Crippen LogP contribution in [0.15, 0.2) is 83.3 Å². The number of oxazole rings is 1. The Morgan fingerprint density at radius 2 is 1.59 bits per heavy atom. The maximum Gasteiger partial charge on any atom is 0.412 e. The van der Waals surface area contributed by atoms with Crippen LogP contribution < -0.4 is 19.5 Å². The van der Waals surface area contributed by atoms with E-state index < -0.39 is 6.09 Å². The number of hydrogen-bond acceptors (Lipinski definition) is 6. The molecule has 0 aliphatic heterocycles. The lowest BCUT2D eigenvalue weighted by atomic mass is 10.2. The summed E-state index contributed by atoms with van der Waals surface area (Å²) in [4.78, 5) is 16.6. The fourth-order valence-corrected chi connectivity index (χ4v) is 3.29. The molecule has 1 N–H and O–H groups in total. The molecule has 0 radical (unpaired) electrons. The molecule has 0 spiro atoms. The number of aromatic nitrogens is 1. The summed E-state index contributed by atoms with van der Waals surface area (Å²) in [6.45, 7) is 2.74. The molecule has 0 saturated heterocycles. The van der Waals surface area contributed by atoms with Crippen LogP contribution in [0.2, 0.25) is 0 Å². The van der Waals surface area contributed by atoms with Crippen LogP contribution in [0.3, 0.4) is 0 Å². The summed E-state index contributed by atoms with van der Waals surface area (Å²) in [5.41, 5.74) is 2.77. The highest BCUT2D eigenvalue weighted by Gasteiger charge is 2.11. The lowest BCUT2D eigenvalue weighted by Gasteiger charge is -2.09. The summed E-state index contributed by atoms with van der Waals surface area (Å²) in [5, 5.41) is 2.73. The van der Waals surface area contributed by atoms with Gasteiger partial charge in [0.15, 0.2) is 0 Å². The number of carbonyl (C=O) groups is 1. The first-order valence-corrected chi connectivity index (χ1v) is 10.9. The summed E-state index contributed by atoms with van der Waals surface area (Å²) >= 11 is 0. The van der Waals surface area contributed by atoms with E-state index in [-0.39, 0.29) is 0 Å². The standard InChI is InChI=1S/C27H26N2O5/c1-19-25(29-26(33-19)21-6-4-3-5-7-21)16-17-32-23-10-8-20(9-11-23)18-28-27(30)34-24-14-12-22(31-2)13-15-24/h3-15H,16-18H2,1-2H3,(H,28,30). The highest BCUT2D eigenvalue weighted by Crippen LogP contribution is 2.22. The van der Waals surface area contributed by atoms with Crippen molar-refractivity contribution >= 4 is 6.09 Å². The number of nitrogens with one attached hydrogen (secondary N) is 1. The maximum absolute atomic E-state index is 12.0. The predicted octanol–water partition coefficient (Wildman–Crippen LogP) is 5.57. The number of methoxy groups -OCH3 is 1. The van der Waals surface area contributed by atoms with E-state index in [0.717, 1.165) is 28.3 Å². The van der Waals surface area contributed by atoms with Crippen LogP contribution in [0.4, 0.5) is 4.79 Å². The molecule has 4 aromatic rings. The number of carbonyl (C=O) groups excluding carboxylic acids is 1. The number of ether oxygens (including phenoxy) is 3. The minimum Gasteiger partial charge on any atom is -0.497 e. The average molecular weight is 459 g/mol. The molecule has 1 heterocycles.